The molecule has 0 bridgehead atoms. The van der Waals surface area contributed by atoms with Crippen LogP contribution in [0.5, 0.6) is 5.75 Å². The Morgan fingerprint density at radius 2 is 2.08 bits per heavy atom. The highest BCUT2D eigenvalue weighted by Gasteiger charge is 2.11. The van der Waals surface area contributed by atoms with Crippen molar-refractivity contribution in [2.24, 2.45) is 0 Å². The van der Waals surface area contributed by atoms with Crippen LogP contribution in [-0.2, 0) is 4.79 Å². The second-order valence-electron chi connectivity index (χ2n) is 5.37. The minimum absolute atomic E-state index is 0.00785. The van der Waals surface area contributed by atoms with Crippen LogP contribution in [0, 0.1) is 11.3 Å². The number of benzene rings is 2. The number of hydrogen-bond donors (Lipinski definition) is 1. The number of carbonyl (C=O) groups is 1. The number of amides is 1. The number of nitriles is 1. The van der Waals surface area contributed by atoms with Gasteiger partial charge in [0.15, 0.2) is 0 Å². The summed E-state index contributed by atoms with van der Waals surface area (Å²) in [5, 5.41) is 12.5. The van der Waals surface area contributed by atoms with Gasteiger partial charge in [0.2, 0.25) is 0 Å². The summed E-state index contributed by atoms with van der Waals surface area (Å²) < 4.78 is 5.73. The van der Waals surface area contributed by atoms with Gasteiger partial charge in [-0.1, -0.05) is 49.2 Å². The Bertz CT molecular complexity index is 809. The van der Waals surface area contributed by atoms with Crippen molar-refractivity contribution in [2.45, 2.75) is 19.8 Å². The van der Waals surface area contributed by atoms with Crippen molar-refractivity contribution < 1.29 is 9.53 Å². The molecule has 0 heterocycles. The second-order valence-corrected chi connectivity index (χ2v) is 5.81. The molecule has 5 heteroatoms. The van der Waals surface area contributed by atoms with Gasteiger partial charge in [-0.25, -0.2) is 0 Å². The van der Waals surface area contributed by atoms with Gasteiger partial charge in [0.1, 0.15) is 17.4 Å². The minimum atomic E-state index is -0.492. The van der Waals surface area contributed by atoms with Gasteiger partial charge in [-0.05, 0) is 36.8 Å². The van der Waals surface area contributed by atoms with Crippen molar-refractivity contribution in [2.75, 3.05) is 11.9 Å². The van der Waals surface area contributed by atoms with Crippen LogP contribution in [0.3, 0.4) is 0 Å². The molecule has 1 N–H and O–H groups in total. The summed E-state index contributed by atoms with van der Waals surface area (Å²) >= 11 is 5.91. The number of halogens is 1. The van der Waals surface area contributed by atoms with E-state index in [0.717, 1.165) is 12.8 Å². The first kappa shape index (κ1) is 18.6. The molecular formula is C20H19ClN2O2. The summed E-state index contributed by atoms with van der Waals surface area (Å²) in [7, 11) is 0. The van der Waals surface area contributed by atoms with E-state index in [1.165, 1.54) is 6.08 Å². The number of ether oxygens (including phenoxy) is 1. The zero-order valence-electron chi connectivity index (χ0n) is 14.0. The molecule has 0 aromatic heterocycles. The number of para-hydroxylation sites is 1. The first-order valence-corrected chi connectivity index (χ1v) is 8.42. The van der Waals surface area contributed by atoms with Crippen LogP contribution in [0.4, 0.5) is 5.69 Å². The number of hydrogen-bond acceptors (Lipinski definition) is 3. The van der Waals surface area contributed by atoms with Crippen molar-refractivity contribution in [3.8, 4) is 11.8 Å². The lowest BCUT2D eigenvalue weighted by atomic mass is 10.1. The summed E-state index contributed by atoms with van der Waals surface area (Å²) in [6, 6.07) is 16.0. The zero-order valence-corrected chi connectivity index (χ0v) is 14.7. The predicted octanol–water partition coefficient (Wildman–Crippen LogP) is 5.06. The Hall–Kier alpha value is -2.77. The zero-order chi connectivity index (χ0) is 18.1. The normalized spacial score (nSPS) is 10.8. The van der Waals surface area contributed by atoms with Gasteiger partial charge in [-0.15, -0.1) is 0 Å². The van der Waals surface area contributed by atoms with E-state index >= 15 is 0 Å². The molecule has 0 radical (unpaired) electrons. The van der Waals surface area contributed by atoms with Crippen LogP contribution < -0.4 is 10.1 Å². The van der Waals surface area contributed by atoms with Crippen molar-refractivity contribution >= 4 is 29.3 Å². The van der Waals surface area contributed by atoms with Crippen LogP contribution in [0.25, 0.3) is 6.08 Å². The van der Waals surface area contributed by atoms with E-state index in [1.54, 1.807) is 24.3 Å². The Morgan fingerprint density at radius 3 is 2.80 bits per heavy atom. The first-order valence-electron chi connectivity index (χ1n) is 8.04. The second kappa shape index (κ2) is 9.51. The third-order valence-corrected chi connectivity index (χ3v) is 3.66. The van der Waals surface area contributed by atoms with Crippen LogP contribution in [0.15, 0.2) is 54.1 Å². The van der Waals surface area contributed by atoms with Gasteiger partial charge in [0, 0.05) is 16.3 Å². The molecular weight excluding hydrogens is 336 g/mol. The van der Waals surface area contributed by atoms with Crippen LogP contribution in [0.2, 0.25) is 5.02 Å². The first-order chi connectivity index (χ1) is 12.1. The van der Waals surface area contributed by atoms with Gasteiger partial charge in [-0.3, -0.25) is 4.79 Å². The fraction of sp³-hybridized carbons (Fsp3) is 0.200. The molecule has 0 saturated carbocycles. The van der Waals surface area contributed by atoms with E-state index in [-0.39, 0.29) is 5.57 Å². The van der Waals surface area contributed by atoms with E-state index < -0.39 is 5.91 Å². The van der Waals surface area contributed by atoms with Crippen LogP contribution >= 0.6 is 11.6 Å². The van der Waals surface area contributed by atoms with Gasteiger partial charge < -0.3 is 10.1 Å². The maximum atomic E-state index is 12.3. The number of unbranched alkanes of at least 4 members (excludes halogenated alkanes) is 1. The van der Waals surface area contributed by atoms with E-state index in [9.17, 15) is 10.1 Å². The highest BCUT2D eigenvalue weighted by molar-refractivity contribution is 6.31. The minimum Gasteiger partial charge on any atom is -0.493 e. The Labute approximate surface area is 152 Å². The third-order valence-electron chi connectivity index (χ3n) is 3.42. The topological polar surface area (TPSA) is 62.1 Å². The lowest BCUT2D eigenvalue weighted by Crippen LogP contribution is -2.13. The molecule has 0 aliphatic carbocycles. The monoisotopic (exact) mass is 354 g/mol. The largest absolute Gasteiger partial charge is 0.493 e. The number of nitrogens with zero attached hydrogens (tertiary/aromatic N) is 1. The molecule has 128 valence electrons. The summed E-state index contributed by atoms with van der Waals surface area (Å²) in [5.41, 5.74) is 1.22. The van der Waals surface area contributed by atoms with Crippen molar-refractivity contribution in [1.82, 2.24) is 0 Å². The molecule has 0 saturated heterocycles. The van der Waals surface area contributed by atoms with Crippen LogP contribution in [0.1, 0.15) is 25.3 Å². The molecule has 0 unspecified atom stereocenters. The molecule has 0 atom stereocenters. The van der Waals surface area contributed by atoms with Crippen molar-refractivity contribution in [3.63, 3.8) is 0 Å². The van der Waals surface area contributed by atoms with Crippen molar-refractivity contribution in [1.29, 1.82) is 5.26 Å². The highest BCUT2D eigenvalue weighted by Crippen LogP contribution is 2.22. The Balaban J connectivity index is 2.19. The summed E-state index contributed by atoms with van der Waals surface area (Å²) in [4.78, 5) is 12.3. The molecule has 0 aliphatic rings. The van der Waals surface area contributed by atoms with E-state index in [2.05, 4.69) is 12.2 Å². The average molecular weight is 355 g/mol. The molecule has 2 rings (SSSR count). The lowest BCUT2D eigenvalue weighted by molar-refractivity contribution is -0.112. The quantitative estimate of drug-likeness (QED) is 0.429. The number of rotatable bonds is 7. The van der Waals surface area contributed by atoms with Gasteiger partial charge >= 0.3 is 0 Å². The van der Waals surface area contributed by atoms with Crippen molar-refractivity contribution in [3.05, 3.63) is 64.7 Å². The smallest absolute Gasteiger partial charge is 0.266 e. The maximum absolute atomic E-state index is 12.3. The lowest BCUT2D eigenvalue weighted by Gasteiger charge is -2.09. The molecule has 0 fully saturated rings. The molecule has 1 amide bonds. The Morgan fingerprint density at radius 1 is 1.28 bits per heavy atom. The molecule has 2 aromatic rings. The molecule has 4 nitrogen and oxygen atoms in total. The van der Waals surface area contributed by atoms with Gasteiger partial charge in [0.05, 0.1) is 6.61 Å². The average Bonchev–Trinajstić information content (AvgIpc) is 2.61. The fourth-order valence-electron chi connectivity index (χ4n) is 2.13. The number of carbonyl (C=O) groups excluding carboxylic acids is 1. The van der Waals surface area contributed by atoms with E-state index in [4.69, 9.17) is 16.3 Å². The molecule has 25 heavy (non-hydrogen) atoms. The molecule has 2 aromatic carbocycles. The van der Waals surface area contributed by atoms with E-state index in [0.29, 0.717) is 28.6 Å². The molecule has 0 aliphatic heterocycles. The molecule has 0 spiro atoms. The highest BCUT2D eigenvalue weighted by atomic mass is 35.5. The third kappa shape index (κ3) is 5.66. The summed E-state index contributed by atoms with van der Waals surface area (Å²) in [6.45, 7) is 2.68. The van der Waals surface area contributed by atoms with Crippen LogP contribution in [-0.4, -0.2) is 12.5 Å². The maximum Gasteiger partial charge on any atom is 0.266 e. The Kier molecular flexibility index (Phi) is 7.06. The van der Waals surface area contributed by atoms with Gasteiger partial charge in [0.25, 0.3) is 5.91 Å². The number of anilines is 1. The standard InChI is InChI=1S/C20H19ClN2O2/c1-2-3-11-25-19-10-5-4-7-15(19)12-16(14-22)20(24)23-18-9-6-8-17(21)13-18/h4-10,12-13H,2-3,11H2,1H3,(H,23,24)/b16-12+. The number of nitrogens with one attached hydrogen (secondary N) is 1. The fourth-order valence-corrected chi connectivity index (χ4v) is 2.32. The van der Waals surface area contributed by atoms with E-state index in [1.807, 2.05) is 30.3 Å². The van der Waals surface area contributed by atoms with Gasteiger partial charge in [-0.2, -0.15) is 5.26 Å². The SMILES string of the molecule is CCCCOc1ccccc1/C=C(\C#N)C(=O)Nc1cccc(Cl)c1. The summed E-state index contributed by atoms with van der Waals surface area (Å²) in [5.74, 6) is 0.160. The summed E-state index contributed by atoms with van der Waals surface area (Å²) in [6.07, 6.45) is 3.50. The predicted molar refractivity (Wildman–Crippen MR) is 101 cm³/mol.